The topological polar surface area (TPSA) is 54.5 Å². The number of benzene rings is 3. The number of aryl methyl sites for hydroxylation is 2. The van der Waals surface area contributed by atoms with Crippen LogP contribution >= 0.6 is 15.9 Å². The van der Waals surface area contributed by atoms with Crippen LogP contribution in [0.3, 0.4) is 0 Å². The molecule has 0 heterocycles. The van der Waals surface area contributed by atoms with Crippen molar-refractivity contribution in [2.24, 2.45) is 0 Å². The maximum atomic E-state index is 13.4. The Balaban J connectivity index is 2.24. The molecule has 4 nitrogen and oxygen atoms in total. The third-order valence-electron chi connectivity index (χ3n) is 4.12. The fourth-order valence-electron chi connectivity index (χ4n) is 2.72. The average molecular weight is 444 g/mol. The first-order valence-corrected chi connectivity index (χ1v) is 10.5. The molecule has 0 atom stereocenters. The van der Waals surface area contributed by atoms with Gasteiger partial charge < -0.3 is 0 Å². The lowest BCUT2D eigenvalue weighted by Gasteiger charge is -2.25. The second kappa shape index (κ2) is 7.66. The quantitative estimate of drug-likeness (QED) is 0.563. The highest BCUT2D eigenvalue weighted by molar-refractivity contribution is 9.10. The van der Waals surface area contributed by atoms with Gasteiger partial charge in [0.05, 0.1) is 10.6 Å². The second-order valence-electron chi connectivity index (χ2n) is 6.19. The van der Waals surface area contributed by atoms with Gasteiger partial charge in [0.15, 0.2) is 0 Å². The van der Waals surface area contributed by atoms with Crippen LogP contribution in [0.25, 0.3) is 0 Å². The molecule has 3 rings (SSSR count). The maximum Gasteiger partial charge on any atom is 0.272 e. The summed E-state index contributed by atoms with van der Waals surface area (Å²) in [6.45, 7) is 3.65. The van der Waals surface area contributed by atoms with Gasteiger partial charge in [0.2, 0.25) is 0 Å². The number of hydrogen-bond donors (Lipinski definition) is 0. The standard InChI is InChI=1S/C21H18BrNO3S/c1-15-11-12-16(2)20(13-15)23(21(24)17-7-6-8-18(22)14-17)27(25,26)19-9-4-3-5-10-19/h3-14H,1-2H3. The number of anilines is 1. The van der Waals surface area contributed by atoms with Crippen molar-refractivity contribution in [2.45, 2.75) is 18.7 Å². The summed E-state index contributed by atoms with van der Waals surface area (Å²) in [4.78, 5) is 13.4. The molecule has 0 bridgehead atoms. The molecule has 27 heavy (non-hydrogen) atoms. The Kier molecular flexibility index (Phi) is 5.48. The SMILES string of the molecule is Cc1ccc(C)c(N(C(=O)c2cccc(Br)c2)S(=O)(=O)c2ccccc2)c1. The van der Waals surface area contributed by atoms with Crippen molar-refractivity contribution >= 4 is 37.5 Å². The largest absolute Gasteiger partial charge is 0.272 e. The summed E-state index contributed by atoms with van der Waals surface area (Å²) in [5.74, 6) is -0.603. The number of nitrogens with zero attached hydrogens (tertiary/aromatic N) is 1. The number of carbonyl (C=O) groups excluding carboxylic acids is 1. The van der Waals surface area contributed by atoms with Gasteiger partial charge in [-0.15, -0.1) is 0 Å². The molecule has 0 aliphatic rings. The van der Waals surface area contributed by atoms with E-state index < -0.39 is 15.9 Å². The van der Waals surface area contributed by atoms with E-state index in [1.165, 1.54) is 12.1 Å². The lowest BCUT2D eigenvalue weighted by molar-refractivity contribution is 0.100. The molecule has 0 aliphatic heterocycles. The number of amides is 1. The van der Waals surface area contributed by atoms with E-state index in [9.17, 15) is 13.2 Å². The van der Waals surface area contributed by atoms with Crippen LogP contribution in [0.5, 0.6) is 0 Å². The molecule has 3 aromatic carbocycles. The van der Waals surface area contributed by atoms with Gasteiger partial charge in [0, 0.05) is 10.0 Å². The Morgan fingerprint density at radius 3 is 2.26 bits per heavy atom. The van der Waals surface area contributed by atoms with E-state index in [0.29, 0.717) is 15.7 Å². The Morgan fingerprint density at radius 2 is 1.59 bits per heavy atom. The van der Waals surface area contributed by atoms with E-state index in [1.807, 2.05) is 19.1 Å². The molecule has 0 radical (unpaired) electrons. The summed E-state index contributed by atoms with van der Waals surface area (Å²) in [6.07, 6.45) is 0. The molecule has 6 heteroatoms. The third kappa shape index (κ3) is 3.96. The van der Waals surface area contributed by atoms with Gasteiger partial charge in [-0.05, 0) is 61.4 Å². The Bertz CT molecular complexity index is 1100. The van der Waals surface area contributed by atoms with Gasteiger partial charge in [-0.1, -0.05) is 52.3 Å². The summed E-state index contributed by atoms with van der Waals surface area (Å²) >= 11 is 3.34. The molecule has 0 aliphatic carbocycles. The van der Waals surface area contributed by atoms with Crippen molar-refractivity contribution in [3.05, 3.63) is 94.0 Å². The van der Waals surface area contributed by atoms with Crippen molar-refractivity contribution < 1.29 is 13.2 Å². The Morgan fingerprint density at radius 1 is 0.889 bits per heavy atom. The molecule has 0 saturated heterocycles. The van der Waals surface area contributed by atoms with E-state index in [0.717, 1.165) is 9.87 Å². The minimum atomic E-state index is -4.09. The molecule has 0 unspecified atom stereocenters. The predicted molar refractivity (Wildman–Crippen MR) is 110 cm³/mol. The van der Waals surface area contributed by atoms with Gasteiger partial charge in [0.1, 0.15) is 0 Å². The first-order valence-electron chi connectivity index (χ1n) is 8.28. The summed E-state index contributed by atoms with van der Waals surface area (Å²) in [7, 11) is -4.09. The molecule has 138 valence electrons. The van der Waals surface area contributed by atoms with Gasteiger partial charge in [-0.3, -0.25) is 4.79 Å². The van der Waals surface area contributed by atoms with E-state index in [4.69, 9.17) is 0 Å². The normalized spacial score (nSPS) is 11.2. The third-order valence-corrected chi connectivity index (χ3v) is 6.33. The fourth-order valence-corrected chi connectivity index (χ4v) is 4.61. The van der Waals surface area contributed by atoms with Crippen LogP contribution in [0.2, 0.25) is 0 Å². The molecule has 0 saturated carbocycles. The molecular formula is C21H18BrNO3S. The van der Waals surface area contributed by atoms with E-state index in [1.54, 1.807) is 55.5 Å². The van der Waals surface area contributed by atoms with Crippen LogP contribution in [-0.4, -0.2) is 14.3 Å². The van der Waals surface area contributed by atoms with Crippen molar-refractivity contribution in [3.8, 4) is 0 Å². The molecular weight excluding hydrogens is 426 g/mol. The molecule has 1 amide bonds. The molecule has 0 fully saturated rings. The van der Waals surface area contributed by atoms with Crippen molar-refractivity contribution in [1.29, 1.82) is 0 Å². The van der Waals surface area contributed by atoms with Crippen LogP contribution in [0.1, 0.15) is 21.5 Å². The number of carbonyl (C=O) groups is 1. The number of rotatable bonds is 4. The Labute approximate surface area is 167 Å². The Hall–Kier alpha value is -2.44. The highest BCUT2D eigenvalue weighted by atomic mass is 79.9. The summed E-state index contributed by atoms with van der Waals surface area (Å²) in [5.41, 5.74) is 2.20. The zero-order valence-electron chi connectivity index (χ0n) is 14.9. The van der Waals surface area contributed by atoms with Gasteiger partial charge in [-0.2, -0.15) is 4.31 Å². The average Bonchev–Trinajstić information content (AvgIpc) is 2.65. The van der Waals surface area contributed by atoms with E-state index >= 15 is 0 Å². The zero-order chi connectivity index (χ0) is 19.6. The van der Waals surface area contributed by atoms with Crippen LogP contribution < -0.4 is 4.31 Å². The second-order valence-corrected chi connectivity index (χ2v) is 8.89. The number of halogens is 1. The highest BCUT2D eigenvalue weighted by Crippen LogP contribution is 2.30. The summed E-state index contributed by atoms with van der Waals surface area (Å²) < 4.78 is 28.4. The van der Waals surface area contributed by atoms with E-state index in [-0.39, 0.29) is 10.5 Å². The smallest absolute Gasteiger partial charge is 0.268 e. The van der Waals surface area contributed by atoms with Crippen LogP contribution in [0, 0.1) is 13.8 Å². The first kappa shape index (κ1) is 19.3. The summed E-state index contributed by atoms with van der Waals surface area (Å²) in [5, 5.41) is 0. The first-order chi connectivity index (χ1) is 12.8. The van der Waals surface area contributed by atoms with Gasteiger partial charge in [-0.25, -0.2) is 8.42 Å². The summed E-state index contributed by atoms with van der Waals surface area (Å²) in [6, 6.07) is 20.1. The molecule has 0 spiro atoms. The minimum Gasteiger partial charge on any atom is -0.268 e. The maximum absolute atomic E-state index is 13.4. The van der Waals surface area contributed by atoms with Crippen molar-refractivity contribution in [1.82, 2.24) is 0 Å². The fraction of sp³-hybridized carbons (Fsp3) is 0.0952. The van der Waals surface area contributed by atoms with Crippen molar-refractivity contribution in [3.63, 3.8) is 0 Å². The lowest BCUT2D eigenvalue weighted by atomic mass is 10.1. The molecule has 3 aromatic rings. The van der Waals surface area contributed by atoms with Crippen molar-refractivity contribution in [2.75, 3.05) is 4.31 Å². The van der Waals surface area contributed by atoms with Crippen LogP contribution in [-0.2, 0) is 10.0 Å². The number of hydrogen-bond acceptors (Lipinski definition) is 3. The predicted octanol–water partition coefficient (Wildman–Crippen LogP) is 5.10. The number of sulfonamides is 1. The zero-order valence-corrected chi connectivity index (χ0v) is 17.3. The van der Waals surface area contributed by atoms with Gasteiger partial charge >= 0.3 is 0 Å². The highest BCUT2D eigenvalue weighted by Gasteiger charge is 2.32. The van der Waals surface area contributed by atoms with Crippen LogP contribution in [0.4, 0.5) is 5.69 Å². The molecule has 0 N–H and O–H groups in total. The molecule has 0 aromatic heterocycles. The van der Waals surface area contributed by atoms with E-state index in [2.05, 4.69) is 15.9 Å². The lowest BCUT2D eigenvalue weighted by Crippen LogP contribution is -2.37. The monoisotopic (exact) mass is 443 g/mol. The van der Waals surface area contributed by atoms with Crippen LogP contribution in [0.15, 0.2) is 82.2 Å². The minimum absolute atomic E-state index is 0.0641. The van der Waals surface area contributed by atoms with Gasteiger partial charge in [0.25, 0.3) is 15.9 Å².